The molecular weight excluding hydrogens is 336 g/mol. The van der Waals surface area contributed by atoms with Gasteiger partial charge < -0.3 is 4.74 Å². The van der Waals surface area contributed by atoms with E-state index in [9.17, 15) is 8.42 Å². The first kappa shape index (κ1) is 24.9. The van der Waals surface area contributed by atoms with Crippen molar-refractivity contribution in [1.82, 2.24) is 0 Å². The quantitative estimate of drug-likeness (QED) is 0.216. The molecule has 152 valence electrons. The van der Waals surface area contributed by atoms with Crippen LogP contribution in [0.3, 0.4) is 0 Å². The Morgan fingerprint density at radius 1 is 0.720 bits per heavy atom. The monoisotopic (exact) mass is 378 g/mol. The second kappa shape index (κ2) is 17.3. The molecule has 0 saturated carbocycles. The molecule has 25 heavy (non-hydrogen) atoms. The van der Waals surface area contributed by atoms with Crippen molar-refractivity contribution in [3.05, 3.63) is 0 Å². The van der Waals surface area contributed by atoms with E-state index in [1.54, 1.807) is 0 Å². The molecule has 0 aromatic carbocycles. The van der Waals surface area contributed by atoms with Gasteiger partial charge in [-0.1, -0.05) is 90.4 Å². The molecule has 0 aromatic heterocycles. The molecule has 0 amide bonds. The van der Waals surface area contributed by atoms with E-state index in [0.29, 0.717) is 12.5 Å². The van der Waals surface area contributed by atoms with Gasteiger partial charge in [0.25, 0.3) is 10.1 Å². The van der Waals surface area contributed by atoms with Crippen LogP contribution in [0.2, 0.25) is 0 Å². The molecule has 0 rings (SSSR count). The zero-order valence-corrected chi connectivity index (χ0v) is 17.5. The summed E-state index contributed by atoms with van der Waals surface area (Å²) in [6.07, 6.45) is 19.6. The topological polar surface area (TPSA) is 63.6 Å². The fourth-order valence-corrected chi connectivity index (χ4v) is 3.82. The molecule has 0 radical (unpaired) electrons. The lowest BCUT2D eigenvalue weighted by Gasteiger charge is -2.15. The summed E-state index contributed by atoms with van der Waals surface area (Å²) < 4.78 is 35.4. The highest BCUT2D eigenvalue weighted by Crippen LogP contribution is 2.16. The summed E-state index contributed by atoms with van der Waals surface area (Å²) in [4.78, 5) is 0. The van der Waals surface area contributed by atoms with Gasteiger partial charge in [-0.2, -0.15) is 8.42 Å². The number of rotatable bonds is 19. The highest BCUT2D eigenvalue weighted by molar-refractivity contribution is 7.85. The van der Waals surface area contributed by atoms with E-state index < -0.39 is 10.1 Å². The normalized spacial score (nSPS) is 13.2. The fourth-order valence-electron chi connectivity index (χ4n) is 3.25. The Morgan fingerprint density at radius 3 is 1.52 bits per heavy atom. The summed E-state index contributed by atoms with van der Waals surface area (Å²) in [6.45, 7) is 2.25. The van der Waals surface area contributed by atoms with Crippen LogP contribution < -0.4 is 0 Å². The van der Waals surface area contributed by atoms with Crippen LogP contribution in [0, 0.1) is 0 Å². The summed E-state index contributed by atoms with van der Waals surface area (Å²) in [6, 6.07) is 0. The summed E-state index contributed by atoms with van der Waals surface area (Å²) in [7, 11) is -1.92. The smallest absolute Gasteiger partial charge is 0.264 e. The lowest BCUT2D eigenvalue weighted by molar-refractivity contribution is 0.0831. The number of methoxy groups -OCH3 is 1. The zero-order valence-electron chi connectivity index (χ0n) is 16.7. The predicted molar refractivity (Wildman–Crippen MR) is 107 cm³/mol. The average molecular weight is 379 g/mol. The number of unbranched alkanes of at least 4 members (excludes halogenated alkanes) is 12. The lowest BCUT2D eigenvalue weighted by Crippen LogP contribution is -2.10. The van der Waals surface area contributed by atoms with Crippen molar-refractivity contribution in [3.8, 4) is 0 Å². The first-order chi connectivity index (χ1) is 12.0. The molecule has 0 spiro atoms. The molecule has 4 nitrogen and oxygen atoms in total. The first-order valence-electron chi connectivity index (χ1n) is 10.5. The van der Waals surface area contributed by atoms with Crippen molar-refractivity contribution in [3.63, 3.8) is 0 Å². The van der Waals surface area contributed by atoms with Gasteiger partial charge >= 0.3 is 0 Å². The maximum Gasteiger partial charge on any atom is 0.264 e. The van der Waals surface area contributed by atoms with Gasteiger partial charge in [-0.15, -0.1) is 0 Å². The van der Waals surface area contributed by atoms with Gasteiger partial charge in [0.05, 0.1) is 11.9 Å². The zero-order chi connectivity index (χ0) is 18.8. The van der Waals surface area contributed by atoms with Crippen molar-refractivity contribution in [1.29, 1.82) is 0 Å². The molecule has 1 unspecified atom stereocenters. The highest BCUT2D eigenvalue weighted by atomic mass is 32.2. The van der Waals surface area contributed by atoms with E-state index in [1.807, 2.05) is 7.11 Å². The molecule has 0 aliphatic heterocycles. The van der Waals surface area contributed by atoms with Crippen LogP contribution in [-0.4, -0.2) is 31.9 Å². The van der Waals surface area contributed by atoms with E-state index in [4.69, 9.17) is 9.29 Å². The number of ether oxygens (including phenoxy) is 1. The van der Waals surface area contributed by atoms with E-state index in [0.717, 1.165) is 19.3 Å². The molecule has 1 atom stereocenters. The van der Waals surface area contributed by atoms with Crippen LogP contribution in [0.15, 0.2) is 0 Å². The third-order valence-electron chi connectivity index (χ3n) is 4.89. The van der Waals surface area contributed by atoms with Gasteiger partial charge in [0.15, 0.2) is 0 Å². The SMILES string of the molecule is CCCCCCCCC(CCCCCCCCCCS(=O)(=O)O)OC. The van der Waals surface area contributed by atoms with Gasteiger partial charge in [-0.05, 0) is 19.3 Å². The molecule has 0 aliphatic carbocycles. The minimum absolute atomic E-state index is 0.0932. The van der Waals surface area contributed by atoms with Crippen LogP contribution in [0.5, 0.6) is 0 Å². The van der Waals surface area contributed by atoms with Crippen LogP contribution in [0.4, 0.5) is 0 Å². The van der Waals surface area contributed by atoms with Crippen molar-refractivity contribution < 1.29 is 17.7 Å². The van der Waals surface area contributed by atoms with E-state index in [2.05, 4.69) is 6.92 Å². The Balaban J connectivity index is 3.35. The second-order valence-electron chi connectivity index (χ2n) is 7.32. The Labute approximate surface area is 156 Å². The average Bonchev–Trinajstić information content (AvgIpc) is 2.56. The summed E-state index contributed by atoms with van der Waals surface area (Å²) in [5.74, 6) is -0.0932. The predicted octanol–water partition coefficient (Wildman–Crippen LogP) is 6.15. The Kier molecular flexibility index (Phi) is 17.2. The van der Waals surface area contributed by atoms with Crippen LogP contribution in [-0.2, 0) is 14.9 Å². The van der Waals surface area contributed by atoms with Gasteiger partial charge in [0.2, 0.25) is 0 Å². The largest absolute Gasteiger partial charge is 0.381 e. The van der Waals surface area contributed by atoms with Crippen LogP contribution in [0.1, 0.15) is 110 Å². The minimum Gasteiger partial charge on any atom is -0.381 e. The molecular formula is C20H42O4S. The van der Waals surface area contributed by atoms with Gasteiger partial charge in [0.1, 0.15) is 0 Å². The van der Waals surface area contributed by atoms with Crippen molar-refractivity contribution in [2.75, 3.05) is 12.9 Å². The Bertz CT molecular complexity index is 368. The third kappa shape index (κ3) is 20.0. The summed E-state index contributed by atoms with van der Waals surface area (Å²) in [5.41, 5.74) is 0. The standard InChI is InChI=1S/C20H42O4S/c1-3-4-5-6-11-14-17-20(24-2)18-15-12-9-7-8-10-13-16-19-25(21,22)23/h20H,3-19H2,1-2H3,(H,21,22,23). The lowest BCUT2D eigenvalue weighted by atomic mass is 10.0. The molecule has 0 saturated heterocycles. The third-order valence-corrected chi connectivity index (χ3v) is 5.70. The first-order valence-corrected chi connectivity index (χ1v) is 12.1. The Hall–Kier alpha value is -0.130. The number of hydrogen-bond acceptors (Lipinski definition) is 3. The molecule has 5 heteroatoms. The summed E-state index contributed by atoms with van der Waals surface area (Å²) in [5, 5.41) is 0. The second-order valence-corrected chi connectivity index (χ2v) is 8.89. The van der Waals surface area contributed by atoms with E-state index in [1.165, 1.54) is 77.0 Å². The number of hydrogen-bond donors (Lipinski definition) is 1. The maximum atomic E-state index is 10.6. The maximum absolute atomic E-state index is 10.6. The van der Waals surface area contributed by atoms with Gasteiger partial charge in [-0.25, -0.2) is 0 Å². The van der Waals surface area contributed by atoms with Crippen LogP contribution in [0.25, 0.3) is 0 Å². The van der Waals surface area contributed by atoms with Gasteiger partial charge in [0, 0.05) is 7.11 Å². The molecule has 1 N–H and O–H groups in total. The molecule has 0 aliphatic rings. The minimum atomic E-state index is -3.76. The molecule has 0 fully saturated rings. The fraction of sp³-hybridized carbons (Fsp3) is 1.00. The van der Waals surface area contributed by atoms with E-state index in [-0.39, 0.29) is 5.75 Å². The van der Waals surface area contributed by atoms with Crippen molar-refractivity contribution in [2.45, 2.75) is 116 Å². The highest BCUT2D eigenvalue weighted by Gasteiger charge is 2.07. The van der Waals surface area contributed by atoms with Gasteiger partial charge in [-0.3, -0.25) is 4.55 Å². The van der Waals surface area contributed by atoms with Crippen molar-refractivity contribution >= 4 is 10.1 Å². The molecule has 0 aromatic rings. The van der Waals surface area contributed by atoms with Crippen molar-refractivity contribution in [2.24, 2.45) is 0 Å². The molecule has 0 heterocycles. The molecule has 0 bridgehead atoms. The summed E-state index contributed by atoms with van der Waals surface area (Å²) >= 11 is 0. The Morgan fingerprint density at radius 2 is 1.12 bits per heavy atom. The van der Waals surface area contributed by atoms with E-state index >= 15 is 0 Å². The van der Waals surface area contributed by atoms with Crippen LogP contribution >= 0.6 is 0 Å².